The minimum atomic E-state index is -1.08. The highest BCUT2D eigenvalue weighted by atomic mass is 35.5. The summed E-state index contributed by atoms with van der Waals surface area (Å²) in [6.07, 6.45) is 0.00754. The molecule has 0 radical (unpaired) electrons. The van der Waals surface area contributed by atoms with Crippen molar-refractivity contribution in [1.29, 1.82) is 0 Å². The van der Waals surface area contributed by atoms with Crippen LogP contribution in [0.5, 0.6) is 5.75 Å². The summed E-state index contributed by atoms with van der Waals surface area (Å²) in [5, 5.41) is -0.252. The molecule has 1 aliphatic heterocycles. The first-order chi connectivity index (χ1) is 6.68. The molecule has 0 saturated carbocycles. The van der Waals surface area contributed by atoms with Gasteiger partial charge in [0.05, 0.1) is 11.6 Å². The van der Waals surface area contributed by atoms with Gasteiger partial charge in [-0.1, -0.05) is 11.6 Å². The van der Waals surface area contributed by atoms with Crippen molar-refractivity contribution in [3.8, 4) is 5.75 Å². The van der Waals surface area contributed by atoms with Gasteiger partial charge in [0.2, 0.25) is 5.82 Å². The molecule has 0 aromatic heterocycles. The third-order valence-corrected chi connectivity index (χ3v) is 2.12. The van der Waals surface area contributed by atoms with E-state index in [-0.39, 0.29) is 23.5 Å². The van der Waals surface area contributed by atoms with Gasteiger partial charge in [-0.2, -0.15) is 4.39 Å². The van der Waals surface area contributed by atoms with E-state index in [1.807, 2.05) is 0 Å². The number of ether oxygens (including phenoxy) is 2. The molecular formula is C9H7ClF2O2. The van der Waals surface area contributed by atoms with Gasteiger partial charge in [0.1, 0.15) is 12.7 Å². The van der Waals surface area contributed by atoms with E-state index in [0.717, 1.165) is 0 Å². The van der Waals surface area contributed by atoms with Crippen molar-refractivity contribution in [3.05, 3.63) is 28.8 Å². The first-order valence-corrected chi connectivity index (χ1v) is 4.44. The van der Waals surface area contributed by atoms with Crippen molar-refractivity contribution in [2.75, 3.05) is 13.2 Å². The maximum atomic E-state index is 13.1. The van der Waals surface area contributed by atoms with Gasteiger partial charge < -0.3 is 9.47 Å². The van der Waals surface area contributed by atoms with Crippen LogP contribution in [0.2, 0.25) is 5.02 Å². The summed E-state index contributed by atoms with van der Waals surface area (Å²) in [7, 11) is 0. The summed E-state index contributed by atoms with van der Waals surface area (Å²) >= 11 is 5.37. The Balaban J connectivity index is 2.11. The zero-order valence-electron chi connectivity index (χ0n) is 7.10. The van der Waals surface area contributed by atoms with E-state index >= 15 is 0 Å². The normalized spacial score (nSPS) is 19.5. The lowest BCUT2D eigenvalue weighted by atomic mass is 10.3. The van der Waals surface area contributed by atoms with Crippen LogP contribution in [0.25, 0.3) is 0 Å². The van der Waals surface area contributed by atoms with Crippen LogP contribution in [0.4, 0.5) is 8.78 Å². The molecule has 1 aromatic rings. The lowest BCUT2D eigenvalue weighted by molar-refractivity contribution is 0.251. The van der Waals surface area contributed by atoms with Crippen LogP contribution in [0, 0.1) is 11.6 Å². The molecule has 76 valence electrons. The first kappa shape index (κ1) is 9.68. The molecule has 0 N–H and O–H groups in total. The predicted octanol–water partition coefficient (Wildman–Crippen LogP) is 2.40. The van der Waals surface area contributed by atoms with Gasteiger partial charge in [-0.25, -0.2) is 4.39 Å². The van der Waals surface area contributed by atoms with Crippen LogP contribution in [0.3, 0.4) is 0 Å². The molecule has 1 saturated heterocycles. The Morgan fingerprint density at radius 3 is 2.79 bits per heavy atom. The van der Waals surface area contributed by atoms with E-state index in [1.54, 1.807) is 0 Å². The molecule has 14 heavy (non-hydrogen) atoms. The Hall–Kier alpha value is -0.870. The van der Waals surface area contributed by atoms with Crippen molar-refractivity contribution >= 4 is 11.6 Å². The summed E-state index contributed by atoms with van der Waals surface area (Å²) < 4.78 is 35.9. The second kappa shape index (κ2) is 3.71. The van der Waals surface area contributed by atoms with Gasteiger partial charge >= 0.3 is 0 Å². The van der Waals surface area contributed by atoms with Crippen LogP contribution in [0.1, 0.15) is 0 Å². The summed E-state index contributed by atoms with van der Waals surface area (Å²) in [6.45, 7) is 0.843. The largest absolute Gasteiger partial charge is 0.488 e. The molecule has 0 unspecified atom stereocenters. The molecule has 0 aliphatic carbocycles. The third-order valence-electron chi connectivity index (χ3n) is 1.83. The smallest absolute Gasteiger partial charge is 0.202 e. The fraction of sp³-hybridized carbons (Fsp3) is 0.333. The summed E-state index contributed by atoms with van der Waals surface area (Å²) in [5.41, 5.74) is 0. The minimum absolute atomic E-state index is 0.00754. The Kier molecular flexibility index (Phi) is 2.56. The first-order valence-electron chi connectivity index (χ1n) is 4.06. The highest BCUT2D eigenvalue weighted by Gasteiger charge is 2.24. The Labute approximate surface area is 84.4 Å². The summed E-state index contributed by atoms with van der Waals surface area (Å²) in [4.78, 5) is 0. The maximum Gasteiger partial charge on any atom is 0.202 e. The Morgan fingerprint density at radius 2 is 2.14 bits per heavy atom. The van der Waals surface area contributed by atoms with Crippen LogP contribution >= 0.6 is 11.6 Å². The van der Waals surface area contributed by atoms with Crippen molar-refractivity contribution in [1.82, 2.24) is 0 Å². The van der Waals surface area contributed by atoms with E-state index in [4.69, 9.17) is 21.1 Å². The zero-order valence-corrected chi connectivity index (χ0v) is 7.85. The minimum Gasteiger partial charge on any atom is -0.488 e. The summed E-state index contributed by atoms with van der Waals surface area (Å²) in [5.74, 6) is -2.28. The third kappa shape index (κ3) is 1.96. The fourth-order valence-electron chi connectivity index (χ4n) is 0.967. The molecule has 1 aromatic carbocycles. The van der Waals surface area contributed by atoms with Crippen molar-refractivity contribution in [3.63, 3.8) is 0 Å². The second-order valence-corrected chi connectivity index (χ2v) is 3.35. The van der Waals surface area contributed by atoms with Crippen molar-refractivity contribution in [2.45, 2.75) is 6.10 Å². The number of benzene rings is 1. The number of hydrogen-bond acceptors (Lipinski definition) is 2. The number of epoxide rings is 1. The molecule has 1 fully saturated rings. The predicted molar refractivity (Wildman–Crippen MR) is 46.6 cm³/mol. The van der Waals surface area contributed by atoms with Gasteiger partial charge in [-0.15, -0.1) is 0 Å². The van der Waals surface area contributed by atoms with E-state index in [1.165, 1.54) is 12.1 Å². The number of rotatable bonds is 3. The van der Waals surface area contributed by atoms with Crippen molar-refractivity contribution in [2.24, 2.45) is 0 Å². The van der Waals surface area contributed by atoms with Gasteiger partial charge in [-0.3, -0.25) is 0 Å². The molecule has 0 amide bonds. The van der Waals surface area contributed by atoms with Gasteiger partial charge in [0.25, 0.3) is 0 Å². The quantitative estimate of drug-likeness (QED) is 0.576. The molecule has 2 rings (SSSR count). The van der Waals surface area contributed by atoms with Crippen LogP contribution in [-0.4, -0.2) is 19.3 Å². The SMILES string of the molecule is Fc1c(Cl)ccc(OC[C@H]2CO2)c1F. The van der Waals surface area contributed by atoms with Crippen LogP contribution < -0.4 is 4.74 Å². The van der Waals surface area contributed by atoms with Crippen LogP contribution in [0.15, 0.2) is 12.1 Å². The van der Waals surface area contributed by atoms with Gasteiger partial charge in [0, 0.05) is 0 Å². The summed E-state index contributed by atoms with van der Waals surface area (Å²) in [6, 6.07) is 2.55. The zero-order chi connectivity index (χ0) is 10.1. The Bertz CT molecular complexity index is 353. The van der Waals surface area contributed by atoms with Gasteiger partial charge in [0.15, 0.2) is 11.6 Å². The molecule has 5 heteroatoms. The molecule has 1 aliphatic rings. The lowest BCUT2D eigenvalue weighted by Crippen LogP contribution is -2.06. The van der Waals surface area contributed by atoms with Crippen LogP contribution in [-0.2, 0) is 4.74 Å². The van der Waals surface area contributed by atoms with E-state index in [9.17, 15) is 8.78 Å². The molecule has 2 nitrogen and oxygen atoms in total. The van der Waals surface area contributed by atoms with Crippen molar-refractivity contribution < 1.29 is 18.3 Å². The second-order valence-electron chi connectivity index (χ2n) is 2.94. The maximum absolute atomic E-state index is 13.1. The highest BCUT2D eigenvalue weighted by molar-refractivity contribution is 6.30. The molecule has 1 atom stereocenters. The molecule has 0 bridgehead atoms. The van der Waals surface area contributed by atoms with Gasteiger partial charge in [-0.05, 0) is 12.1 Å². The highest BCUT2D eigenvalue weighted by Crippen LogP contribution is 2.26. The van der Waals surface area contributed by atoms with E-state index in [0.29, 0.717) is 6.61 Å². The van der Waals surface area contributed by atoms with E-state index < -0.39 is 11.6 Å². The fourth-order valence-corrected chi connectivity index (χ4v) is 1.11. The number of halogens is 3. The monoisotopic (exact) mass is 220 g/mol. The lowest BCUT2D eigenvalue weighted by Gasteiger charge is -2.06. The average molecular weight is 221 g/mol. The Morgan fingerprint density at radius 1 is 1.43 bits per heavy atom. The topological polar surface area (TPSA) is 21.8 Å². The van der Waals surface area contributed by atoms with E-state index in [2.05, 4.69) is 0 Å². The standard InChI is InChI=1S/C9H7ClF2O2/c10-6-1-2-7(9(12)8(6)11)14-4-5-3-13-5/h1-2,5H,3-4H2/t5-/m1/s1. The molecule has 1 heterocycles. The number of hydrogen-bond donors (Lipinski definition) is 0. The molecular weight excluding hydrogens is 214 g/mol. The average Bonchev–Trinajstić information content (AvgIpc) is 2.97. The molecule has 0 spiro atoms.